The lowest BCUT2D eigenvalue weighted by Crippen LogP contribution is -2.04. The minimum absolute atomic E-state index is 0.169. The normalized spacial score (nSPS) is 11.8. The first-order valence-electron chi connectivity index (χ1n) is 7.81. The van der Waals surface area contributed by atoms with E-state index in [1.807, 2.05) is 0 Å². The van der Waals surface area contributed by atoms with Crippen LogP contribution in [0.4, 0.5) is 22.7 Å². The van der Waals surface area contributed by atoms with Crippen molar-refractivity contribution in [3.63, 3.8) is 0 Å². The molecule has 0 saturated heterocycles. The predicted molar refractivity (Wildman–Crippen MR) is 101 cm³/mol. The van der Waals surface area contributed by atoms with Crippen LogP contribution in [0.3, 0.4) is 0 Å². The van der Waals surface area contributed by atoms with Crippen LogP contribution < -0.4 is 11.1 Å². The largest absolute Gasteiger partial charge is 0.744 e. The lowest BCUT2D eigenvalue weighted by molar-refractivity contribution is -0.114. The second-order valence-corrected chi connectivity index (χ2v) is 7.14. The van der Waals surface area contributed by atoms with Gasteiger partial charge in [0.05, 0.1) is 16.3 Å². The van der Waals surface area contributed by atoms with Crippen LogP contribution in [0.15, 0.2) is 69.7 Å². The van der Waals surface area contributed by atoms with Gasteiger partial charge in [0.2, 0.25) is 5.91 Å². The van der Waals surface area contributed by atoms with Gasteiger partial charge in [-0.25, -0.2) is 8.42 Å². The zero-order valence-electron chi connectivity index (χ0n) is 14.2. The Labute approximate surface area is 155 Å². The molecule has 0 aromatic heterocycles. The van der Waals surface area contributed by atoms with Crippen LogP contribution in [0.1, 0.15) is 6.92 Å². The topological polar surface area (TPSA) is 137 Å². The number of hydrogen-bond acceptors (Lipinski definition) is 7. The Balaban J connectivity index is 1.96. The van der Waals surface area contributed by atoms with Gasteiger partial charge in [0.1, 0.15) is 10.1 Å². The van der Waals surface area contributed by atoms with Crippen LogP contribution in [-0.4, -0.2) is 18.9 Å². The molecule has 0 aliphatic heterocycles. The van der Waals surface area contributed by atoms with Crippen molar-refractivity contribution in [1.82, 2.24) is 0 Å². The number of carbonyl (C=O) groups is 1. The fraction of sp³-hybridized carbons (Fsp3) is 0.0556. The number of anilines is 2. The number of hydrogen-bond donors (Lipinski definition) is 2. The van der Waals surface area contributed by atoms with Crippen molar-refractivity contribution in [2.24, 2.45) is 10.2 Å². The molecule has 0 atom stereocenters. The van der Waals surface area contributed by atoms with Crippen molar-refractivity contribution in [1.29, 1.82) is 0 Å². The number of fused-ring (bicyclic) bond motifs is 1. The Kier molecular flexibility index (Phi) is 4.89. The van der Waals surface area contributed by atoms with Gasteiger partial charge in [0.15, 0.2) is 0 Å². The second kappa shape index (κ2) is 7.14. The predicted octanol–water partition coefficient (Wildman–Crippen LogP) is 3.70. The van der Waals surface area contributed by atoms with E-state index in [0.717, 1.165) is 0 Å². The van der Waals surface area contributed by atoms with E-state index in [9.17, 15) is 17.8 Å². The molecule has 0 aliphatic rings. The van der Waals surface area contributed by atoms with E-state index in [4.69, 9.17) is 5.73 Å². The molecule has 138 valence electrons. The molecule has 3 aromatic rings. The standard InChI is InChI=1S/C18H16N4O4S/c1-11(23)20-12-2-4-13(5-3-12)21-22-18-9-8-17(19)16-10-14(27(24,25)26)6-7-15(16)18/h2-10H,19H2,1H3,(H,20,23)(H,24,25,26)/p-1. The van der Waals surface area contributed by atoms with E-state index < -0.39 is 10.1 Å². The van der Waals surface area contributed by atoms with Gasteiger partial charge in [0, 0.05) is 29.1 Å². The Bertz CT molecular complexity index is 1160. The molecule has 8 nitrogen and oxygen atoms in total. The maximum atomic E-state index is 11.2. The van der Waals surface area contributed by atoms with Gasteiger partial charge in [-0.15, -0.1) is 5.11 Å². The molecule has 0 unspecified atom stereocenters. The van der Waals surface area contributed by atoms with Gasteiger partial charge < -0.3 is 15.6 Å². The molecule has 27 heavy (non-hydrogen) atoms. The van der Waals surface area contributed by atoms with Gasteiger partial charge >= 0.3 is 0 Å². The highest BCUT2D eigenvalue weighted by Gasteiger charge is 2.08. The van der Waals surface area contributed by atoms with E-state index in [1.165, 1.54) is 25.1 Å². The van der Waals surface area contributed by atoms with Crippen LogP contribution >= 0.6 is 0 Å². The molecule has 1 amide bonds. The molecule has 3 N–H and O–H groups in total. The highest BCUT2D eigenvalue weighted by atomic mass is 32.2. The van der Waals surface area contributed by atoms with Crippen LogP contribution in [0.25, 0.3) is 10.8 Å². The van der Waals surface area contributed by atoms with Crippen molar-refractivity contribution in [2.45, 2.75) is 11.8 Å². The van der Waals surface area contributed by atoms with Gasteiger partial charge in [-0.3, -0.25) is 4.79 Å². The number of amides is 1. The average Bonchev–Trinajstić information content (AvgIpc) is 2.61. The zero-order valence-corrected chi connectivity index (χ0v) is 15.0. The van der Waals surface area contributed by atoms with Crippen molar-refractivity contribution in [2.75, 3.05) is 11.1 Å². The third kappa shape index (κ3) is 4.27. The summed E-state index contributed by atoms with van der Waals surface area (Å²) in [7, 11) is -4.58. The Morgan fingerprint density at radius 2 is 1.70 bits per heavy atom. The zero-order chi connectivity index (χ0) is 19.6. The van der Waals surface area contributed by atoms with Crippen LogP contribution in [0.2, 0.25) is 0 Å². The summed E-state index contributed by atoms with van der Waals surface area (Å²) in [6.07, 6.45) is 0. The molecular formula is C18H15N4O4S-. The third-order valence-electron chi connectivity index (χ3n) is 3.75. The quantitative estimate of drug-likeness (QED) is 0.402. The fourth-order valence-electron chi connectivity index (χ4n) is 2.50. The molecular weight excluding hydrogens is 368 g/mol. The molecule has 0 radical (unpaired) electrons. The SMILES string of the molecule is CC(=O)Nc1ccc(N=Nc2ccc(N)c3cc(S(=O)(=O)[O-])ccc23)cc1. The molecule has 3 rings (SSSR count). The summed E-state index contributed by atoms with van der Waals surface area (Å²) in [5.41, 5.74) is 7.90. The highest BCUT2D eigenvalue weighted by molar-refractivity contribution is 7.85. The van der Waals surface area contributed by atoms with Gasteiger partial charge in [-0.1, -0.05) is 6.07 Å². The molecule has 0 spiro atoms. The van der Waals surface area contributed by atoms with Crippen molar-refractivity contribution in [3.05, 3.63) is 54.6 Å². The second-order valence-electron chi connectivity index (χ2n) is 5.76. The van der Waals surface area contributed by atoms with Gasteiger partial charge in [-0.05, 0) is 48.5 Å². The fourth-order valence-corrected chi connectivity index (χ4v) is 3.00. The first-order valence-corrected chi connectivity index (χ1v) is 9.22. The third-order valence-corrected chi connectivity index (χ3v) is 4.58. The summed E-state index contributed by atoms with van der Waals surface area (Å²) >= 11 is 0. The number of nitrogen functional groups attached to an aromatic ring is 1. The lowest BCUT2D eigenvalue weighted by Gasteiger charge is -2.10. The molecule has 3 aromatic carbocycles. The van der Waals surface area contributed by atoms with Crippen LogP contribution in [-0.2, 0) is 14.9 Å². The summed E-state index contributed by atoms with van der Waals surface area (Å²) in [6.45, 7) is 1.42. The maximum Gasteiger partial charge on any atom is 0.221 e. The minimum atomic E-state index is -4.58. The van der Waals surface area contributed by atoms with Crippen molar-refractivity contribution < 1.29 is 17.8 Å². The molecule has 0 heterocycles. The van der Waals surface area contributed by atoms with Crippen molar-refractivity contribution >= 4 is 49.5 Å². The molecule has 0 fully saturated rings. The summed E-state index contributed by atoms with van der Waals surface area (Å²) in [4.78, 5) is 10.7. The van der Waals surface area contributed by atoms with Crippen molar-refractivity contribution in [3.8, 4) is 0 Å². The first kappa shape index (κ1) is 18.5. The number of nitrogens with zero attached hydrogens (tertiary/aromatic N) is 2. The number of rotatable bonds is 4. The average molecular weight is 383 g/mol. The molecule has 9 heteroatoms. The monoisotopic (exact) mass is 383 g/mol. The van der Waals surface area contributed by atoms with Gasteiger partial charge in [-0.2, -0.15) is 5.11 Å². The van der Waals surface area contributed by atoms with Crippen LogP contribution in [0.5, 0.6) is 0 Å². The van der Waals surface area contributed by atoms with Crippen LogP contribution in [0, 0.1) is 0 Å². The summed E-state index contributed by atoms with van der Waals surface area (Å²) in [5.74, 6) is -0.169. The number of nitrogens with one attached hydrogen (secondary N) is 1. The van der Waals surface area contributed by atoms with E-state index >= 15 is 0 Å². The molecule has 0 bridgehead atoms. The summed E-state index contributed by atoms with van der Waals surface area (Å²) in [6, 6.07) is 13.9. The smallest absolute Gasteiger partial charge is 0.221 e. The van der Waals surface area contributed by atoms with E-state index in [-0.39, 0.29) is 10.8 Å². The molecule has 0 aliphatic carbocycles. The maximum absolute atomic E-state index is 11.2. The number of azo groups is 1. The van der Waals surface area contributed by atoms with E-state index in [2.05, 4.69) is 15.5 Å². The Morgan fingerprint density at radius 1 is 1.00 bits per heavy atom. The van der Waals surface area contributed by atoms with E-state index in [0.29, 0.717) is 33.5 Å². The summed E-state index contributed by atoms with van der Waals surface area (Å²) < 4.78 is 33.6. The number of carbonyl (C=O) groups excluding carboxylic acids is 1. The highest BCUT2D eigenvalue weighted by Crippen LogP contribution is 2.33. The minimum Gasteiger partial charge on any atom is -0.744 e. The van der Waals surface area contributed by atoms with Gasteiger partial charge in [0.25, 0.3) is 0 Å². The van der Waals surface area contributed by atoms with E-state index in [1.54, 1.807) is 36.4 Å². The number of nitrogens with two attached hydrogens (primary N) is 1. The summed E-state index contributed by atoms with van der Waals surface area (Å²) in [5, 5.41) is 12.0. The Morgan fingerprint density at radius 3 is 2.33 bits per heavy atom. The Hall–Kier alpha value is -3.30. The lowest BCUT2D eigenvalue weighted by atomic mass is 10.1. The first-order chi connectivity index (χ1) is 12.7. The number of benzene rings is 3. The molecule has 0 saturated carbocycles.